The van der Waals surface area contributed by atoms with Gasteiger partial charge in [0.05, 0.1) is 0 Å². The van der Waals surface area contributed by atoms with Crippen molar-refractivity contribution in [2.24, 2.45) is 5.92 Å². The van der Waals surface area contributed by atoms with Gasteiger partial charge in [0.1, 0.15) is 10.6 Å². The monoisotopic (exact) mass is 399 g/mol. The summed E-state index contributed by atoms with van der Waals surface area (Å²) in [5, 5.41) is 0. The average molecular weight is 400 g/mol. The minimum absolute atomic E-state index is 0.0262. The summed E-state index contributed by atoms with van der Waals surface area (Å²) in [7, 11) is -3.92. The maximum atomic E-state index is 12.9. The predicted octanol–water partition coefficient (Wildman–Crippen LogP) is 4.09. The van der Waals surface area contributed by atoms with Crippen LogP contribution in [-0.2, 0) is 10.1 Å². The summed E-state index contributed by atoms with van der Waals surface area (Å²) in [5.41, 5.74) is 2.06. The van der Waals surface area contributed by atoms with Gasteiger partial charge >= 0.3 is 10.1 Å². The first-order valence-corrected chi connectivity index (χ1v) is 11.2. The zero-order chi connectivity index (χ0) is 19.9. The molecule has 2 fully saturated rings. The molecule has 2 aromatic carbocycles. The number of hydrogen-bond acceptors (Lipinski definition) is 4. The maximum absolute atomic E-state index is 12.9. The van der Waals surface area contributed by atoms with Crippen LogP contribution in [0, 0.1) is 19.8 Å². The Morgan fingerprint density at radius 2 is 1.71 bits per heavy atom. The number of nitrogens with zero attached hydrogens (tertiary/aromatic N) is 1. The van der Waals surface area contributed by atoms with E-state index in [0.717, 1.165) is 24.9 Å². The Kier molecular flexibility index (Phi) is 4.91. The van der Waals surface area contributed by atoms with Gasteiger partial charge in [0.15, 0.2) is 0 Å². The molecule has 0 bridgehead atoms. The summed E-state index contributed by atoms with van der Waals surface area (Å²) in [6.45, 7) is 4.42. The van der Waals surface area contributed by atoms with Gasteiger partial charge in [-0.05, 0) is 86.9 Å². The van der Waals surface area contributed by atoms with Crippen LogP contribution in [0.25, 0.3) is 0 Å². The van der Waals surface area contributed by atoms with E-state index in [2.05, 4.69) is 0 Å². The number of carbonyl (C=O) groups excluding carboxylic acids is 1. The summed E-state index contributed by atoms with van der Waals surface area (Å²) >= 11 is 0. The molecule has 0 saturated heterocycles. The van der Waals surface area contributed by atoms with Crippen LogP contribution in [-0.4, -0.2) is 31.8 Å². The van der Waals surface area contributed by atoms with E-state index in [0.29, 0.717) is 23.1 Å². The molecule has 0 spiro atoms. The molecule has 0 N–H and O–H groups in total. The van der Waals surface area contributed by atoms with Crippen LogP contribution < -0.4 is 4.18 Å². The van der Waals surface area contributed by atoms with Crippen LogP contribution in [0.1, 0.15) is 47.2 Å². The molecular formula is C22H25NO4S. The van der Waals surface area contributed by atoms with Gasteiger partial charge in [0.25, 0.3) is 5.91 Å². The summed E-state index contributed by atoms with van der Waals surface area (Å²) < 4.78 is 30.6. The van der Waals surface area contributed by atoms with Crippen molar-refractivity contribution in [2.75, 3.05) is 6.54 Å². The third kappa shape index (κ3) is 4.22. The van der Waals surface area contributed by atoms with Crippen molar-refractivity contribution in [3.8, 4) is 5.75 Å². The minimum atomic E-state index is -3.92. The molecule has 2 aliphatic carbocycles. The molecule has 2 saturated carbocycles. The molecular weight excluding hydrogens is 374 g/mol. The topological polar surface area (TPSA) is 63.7 Å². The Balaban J connectivity index is 1.49. The Morgan fingerprint density at radius 3 is 2.32 bits per heavy atom. The van der Waals surface area contributed by atoms with Gasteiger partial charge in [0, 0.05) is 18.2 Å². The van der Waals surface area contributed by atoms with E-state index in [1.165, 1.54) is 12.8 Å². The van der Waals surface area contributed by atoms with E-state index >= 15 is 0 Å². The van der Waals surface area contributed by atoms with E-state index in [1.54, 1.807) is 43.3 Å². The molecule has 0 aliphatic heterocycles. The van der Waals surface area contributed by atoms with Crippen LogP contribution >= 0.6 is 0 Å². The smallest absolute Gasteiger partial charge is 0.339 e. The van der Waals surface area contributed by atoms with Crippen LogP contribution in [0.3, 0.4) is 0 Å². The van der Waals surface area contributed by atoms with Gasteiger partial charge in [-0.1, -0.05) is 12.1 Å². The van der Waals surface area contributed by atoms with Crippen molar-refractivity contribution in [1.29, 1.82) is 0 Å². The number of aryl methyl sites for hydroxylation is 2. The Labute approximate surface area is 166 Å². The Hall–Kier alpha value is -2.34. The molecule has 0 heterocycles. The molecule has 148 valence electrons. The average Bonchev–Trinajstić information content (AvgIpc) is 3.55. The molecule has 5 nitrogen and oxygen atoms in total. The molecule has 4 rings (SSSR count). The van der Waals surface area contributed by atoms with Crippen LogP contribution in [0.2, 0.25) is 0 Å². The van der Waals surface area contributed by atoms with Crippen LogP contribution in [0.5, 0.6) is 5.75 Å². The second kappa shape index (κ2) is 7.24. The highest BCUT2D eigenvalue weighted by Gasteiger charge is 2.36. The van der Waals surface area contributed by atoms with Gasteiger partial charge in [0.2, 0.25) is 0 Å². The van der Waals surface area contributed by atoms with Crippen molar-refractivity contribution in [2.45, 2.75) is 50.5 Å². The van der Waals surface area contributed by atoms with Crippen molar-refractivity contribution < 1.29 is 17.4 Å². The SMILES string of the molecule is Cc1ccc(C)c(S(=O)(=O)Oc2ccc(C(=O)N(CC3CC3)C3CC3)cc2)c1. The number of carbonyl (C=O) groups is 1. The van der Waals surface area contributed by atoms with E-state index < -0.39 is 10.1 Å². The number of hydrogen-bond donors (Lipinski definition) is 0. The summed E-state index contributed by atoms with van der Waals surface area (Å²) in [4.78, 5) is 15.0. The maximum Gasteiger partial charge on any atom is 0.339 e. The Bertz CT molecular complexity index is 990. The normalized spacial score (nSPS) is 16.6. The van der Waals surface area contributed by atoms with E-state index in [1.807, 2.05) is 17.9 Å². The lowest BCUT2D eigenvalue weighted by molar-refractivity contribution is 0.0735. The quantitative estimate of drug-likeness (QED) is 0.658. The standard InChI is InChI=1S/C22H25NO4S/c1-15-3-4-16(2)21(13-15)28(25,26)27-20-11-7-18(8-12-20)22(24)23(19-9-10-19)14-17-5-6-17/h3-4,7-8,11-13,17,19H,5-6,9-10,14H2,1-2H3. The molecule has 2 aromatic rings. The fourth-order valence-corrected chi connectivity index (χ4v) is 4.58. The third-order valence-electron chi connectivity index (χ3n) is 5.32. The molecule has 0 aromatic heterocycles. The Morgan fingerprint density at radius 1 is 1.04 bits per heavy atom. The van der Waals surface area contributed by atoms with Crippen molar-refractivity contribution in [3.05, 3.63) is 59.2 Å². The van der Waals surface area contributed by atoms with Crippen molar-refractivity contribution in [3.63, 3.8) is 0 Å². The molecule has 2 aliphatic rings. The minimum Gasteiger partial charge on any atom is -0.379 e. The highest BCUT2D eigenvalue weighted by Crippen LogP contribution is 2.35. The number of amides is 1. The number of benzene rings is 2. The van der Waals surface area contributed by atoms with Crippen LogP contribution in [0.4, 0.5) is 0 Å². The lowest BCUT2D eigenvalue weighted by Crippen LogP contribution is -2.34. The van der Waals surface area contributed by atoms with Crippen molar-refractivity contribution >= 4 is 16.0 Å². The van der Waals surface area contributed by atoms with Gasteiger partial charge < -0.3 is 9.08 Å². The molecule has 0 unspecified atom stereocenters. The third-order valence-corrected chi connectivity index (χ3v) is 6.71. The molecule has 6 heteroatoms. The lowest BCUT2D eigenvalue weighted by Gasteiger charge is -2.22. The highest BCUT2D eigenvalue weighted by molar-refractivity contribution is 7.87. The molecule has 1 amide bonds. The first kappa shape index (κ1) is 19.0. The largest absolute Gasteiger partial charge is 0.379 e. The van der Waals surface area contributed by atoms with E-state index in [4.69, 9.17) is 4.18 Å². The first-order chi connectivity index (χ1) is 13.3. The van der Waals surface area contributed by atoms with Crippen LogP contribution in [0.15, 0.2) is 47.4 Å². The fourth-order valence-electron chi connectivity index (χ4n) is 3.33. The lowest BCUT2D eigenvalue weighted by atomic mass is 10.2. The zero-order valence-corrected chi connectivity index (χ0v) is 17.0. The summed E-state index contributed by atoms with van der Waals surface area (Å²) in [6, 6.07) is 12.0. The summed E-state index contributed by atoms with van der Waals surface area (Å²) in [5.74, 6) is 0.880. The predicted molar refractivity (Wildman–Crippen MR) is 107 cm³/mol. The first-order valence-electron chi connectivity index (χ1n) is 9.76. The highest BCUT2D eigenvalue weighted by atomic mass is 32.2. The second-order valence-electron chi connectivity index (χ2n) is 7.96. The van der Waals surface area contributed by atoms with Gasteiger partial charge in [-0.3, -0.25) is 4.79 Å². The summed E-state index contributed by atoms with van der Waals surface area (Å²) in [6.07, 6.45) is 4.57. The van der Waals surface area contributed by atoms with Gasteiger partial charge in [-0.15, -0.1) is 0 Å². The second-order valence-corrected chi connectivity index (χ2v) is 9.48. The molecule has 0 atom stereocenters. The van der Waals surface area contributed by atoms with Crippen molar-refractivity contribution in [1.82, 2.24) is 4.90 Å². The van der Waals surface area contributed by atoms with Gasteiger partial charge in [-0.25, -0.2) is 0 Å². The fraction of sp³-hybridized carbons (Fsp3) is 0.409. The molecule has 28 heavy (non-hydrogen) atoms. The molecule has 0 radical (unpaired) electrons. The van der Waals surface area contributed by atoms with Gasteiger partial charge in [-0.2, -0.15) is 8.42 Å². The van der Waals surface area contributed by atoms with E-state index in [9.17, 15) is 13.2 Å². The zero-order valence-electron chi connectivity index (χ0n) is 16.2. The number of rotatable bonds is 7. The van der Waals surface area contributed by atoms with E-state index in [-0.39, 0.29) is 16.6 Å².